The number of methoxy groups -OCH3 is 1. The van der Waals surface area contributed by atoms with Crippen molar-refractivity contribution in [2.24, 2.45) is 0 Å². The Kier molecular flexibility index (Phi) is 7.01. The van der Waals surface area contributed by atoms with Gasteiger partial charge in [-0.25, -0.2) is 0 Å². The lowest BCUT2D eigenvalue weighted by Gasteiger charge is -2.08. The number of rotatable bonds is 8. The molecule has 0 radical (unpaired) electrons. The van der Waals surface area contributed by atoms with Crippen molar-refractivity contribution in [1.29, 1.82) is 0 Å². The summed E-state index contributed by atoms with van der Waals surface area (Å²) in [5, 5.41) is 7.42. The smallest absolute Gasteiger partial charge is 0.120 e. The third-order valence-electron chi connectivity index (χ3n) is 2.56. The highest BCUT2D eigenvalue weighted by Gasteiger charge is 2.01. The van der Waals surface area contributed by atoms with Crippen molar-refractivity contribution in [2.45, 2.75) is 13.3 Å². The Balaban J connectivity index is 2.27. The number of likely N-dealkylation sites (N-methyl/N-ethyl adjacent to an activating group) is 1. The Bertz CT molecular complexity index is 331. The molecule has 0 aliphatic heterocycles. The molecule has 0 amide bonds. The minimum Gasteiger partial charge on any atom is -0.497 e. The second-order valence-electron chi connectivity index (χ2n) is 3.81. The molecular formula is C13H21ClN2O. The lowest BCUT2D eigenvalue weighted by Crippen LogP contribution is -2.28. The third kappa shape index (κ3) is 5.39. The third-order valence-corrected chi connectivity index (χ3v) is 2.91. The fourth-order valence-corrected chi connectivity index (χ4v) is 1.82. The molecule has 1 aromatic rings. The van der Waals surface area contributed by atoms with Crippen LogP contribution in [0.15, 0.2) is 18.2 Å². The summed E-state index contributed by atoms with van der Waals surface area (Å²) in [6, 6.07) is 5.82. The van der Waals surface area contributed by atoms with Crippen LogP contribution in [0.25, 0.3) is 0 Å². The molecule has 0 spiro atoms. The fraction of sp³-hybridized carbons (Fsp3) is 0.538. The minimum absolute atomic E-state index is 0.776. The first-order valence-electron chi connectivity index (χ1n) is 6.01. The van der Waals surface area contributed by atoms with Gasteiger partial charge in [0.2, 0.25) is 0 Å². The standard InChI is InChI=1S/C13H21ClN2O/c1-3-15-8-9-16-7-6-11-4-5-12(17-2)10-13(11)14/h4-5,10,15-16H,3,6-9H2,1-2H3. The maximum absolute atomic E-state index is 6.15. The van der Waals surface area contributed by atoms with Crippen LogP contribution < -0.4 is 15.4 Å². The van der Waals surface area contributed by atoms with Gasteiger partial charge in [-0.15, -0.1) is 0 Å². The Morgan fingerprint density at radius 1 is 1.18 bits per heavy atom. The van der Waals surface area contributed by atoms with Crippen LogP contribution in [0.2, 0.25) is 5.02 Å². The molecule has 0 aliphatic carbocycles. The van der Waals surface area contributed by atoms with Crippen molar-refractivity contribution in [3.05, 3.63) is 28.8 Å². The number of ether oxygens (including phenoxy) is 1. The first kappa shape index (κ1) is 14.3. The van der Waals surface area contributed by atoms with Gasteiger partial charge in [-0.3, -0.25) is 0 Å². The lowest BCUT2D eigenvalue weighted by molar-refractivity contribution is 0.414. The summed E-state index contributed by atoms with van der Waals surface area (Å²) in [6.45, 7) is 6.06. The molecule has 0 heterocycles. The average Bonchev–Trinajstić information content (AvgIpc) is 2.35. The lowest BCUT2D eigenvalue weighted by atomic mass is 10.1. The van der Waals surface area contributed by atoms with Gasteiger partial charge in [0, 0.05) is 18.1 Å². The van der Waals surface area contributed by atoms with E-state index in [2.05, 4.69) is 17.6 Å². The van der Waals surface area contributed by atoms with Crippen LogP contribution in [-0.4, -0.2) is 33.3 Å². The van der Waals surface area contributed by atoms with Gasteiger partial charge >= 0.3 is 0 Å². The second kappa shape index (κ2) is 8.34. The highest BCUT2D eigenvalue weighted by atomic mass is 35.5. The van der Waals surface area contributed by atoms with Crippen molar-refractivity contribution < 1.29 is 4.74 Å². The number of halogens is 1. The molecule has 4 heteroatoms. The number of hydrogen-bond acceptors (Lipinski definition) is 3. The molecule has 0 bridgehead atoms. The topological polar surface area (TPSA) is 33.3 Å². The van der Waals surface area contributed by atoms with Crippen LogP contribution in [0.1, 0.15) is 12.5 Å². The molecule has 1 aromatic carbocycles. The van der Waals surface area contributed by atoms with Crippen molar-refractivity contribution in [2.75, 3.05) is 33.3 Å². The van der Waals surface area contributed by atoms with Gasteiger partial charge in [0.1, 0.15) is 5.75 Å². The molecule has 0 unspecified atom stereocenters. The minimum atomic E-state index is 0.776. The van der Waals surface area contributed by atoms with Gasteiger partial charge in [-0.2, -0.15) is 0 Å². The molecular weight excluding hydrogens is 236 g/mol. The summed E-state index contributed by atoms with van der Waals surface area (Å²) in [6.07, 6.45) is 0.939. The molecule has 0 atom stereocenters. The van der Waals surface area contributed by atoms with E-state index in [1.807, 2.05) is 18.2 Å². The van der Waals surface area contributed by atoms with Gasteiger partial charge in [-0.05, 0) is 37.2 Å². The van der Waals surface area contributed by atoms with Gasteiger partial charge in [0.15, 0.2) is 0 Å². The second-order valence-corrected chi connectivity index (χ2v) is 4.22. The zero-order valence-electron chi connectivity index (χ0n) is 10.6. The summed E-state index contributed by atoms with van der Waals surface area (Å²) in [7, 11) is 1.65. The van der Waals surface area contributed by atoms with E-state index in [1.54, 1.807) is 7.11 Å². The first-order valence-corrected chi connectivity index (χ1v) is 6.39. The van der Waals surface area contributed by atoms with Crippen LogP contribution in [0.4, 0.5) is 0 Å². The predicted molar refractivity (Wildman–Crippen MR) is 73.1 cm³/mol. The van der Waals surface area contributed by atoms with E-state index in [4.69, 9.17) is 16.3 Å². The van der Waals surface area contributed by atoms with E-state index in [-0.39, 0.29) is 0 Å². The number of nitrogens with one attached hydrogen (secondary N) is 2. The highest BCUT2D eigenvalue weighted by Crippen LogP contribution is 2.22. The van der Waals surface area contributed by atoms with E-state index in [1.165, 1.54) is 0 Å². The van der Waals surface area contributed by atoms with Crippen molar-refractivity contribution in [3.63, 3.8) is 0 Å². The fourth-order valence-electron chi connectivity index (χ4n) is 1.56. The molecule has 0 aromatic heterocycles. The van der Waals surface area contributed by atoms with Crippen molar-refractivity contribution >= 4 is 11.6 Å². The van der Waals surface area contributed by atoms with E-state index < -0.39 is 0 Å². The summed E-state index contributed by atoms with van der Waals surface area (Å²) in [5.41, 5.74) is 1.16. The Morgan fingerprint density at radius 2 is 1.94 bits per heavy atom. The zero-order valence-corrected chi connectivity index (χ0v) is 11.3. The maximum Gasteiger partial charge on any atom is 0.120 e. The molecule has 2 N–H and O–H groups in total. The molecule has 0 aliphatic rings. The molecule has 3 nitrogen and oxygen atoms in total. The molecule has 0 fully saturated rings. The van der Waals surface area contributed by atoms with Crippen LogP contribution >= 0.6 is 11.6 Å². The summed E-state index contributed by atoms with van der Waals surface area (Å²) >= 11 is 6.15. The average molecular weight is 257 g/mol. The van der Waals surface area contributed by atoms with Gasteiger partial charge < -0.3 is 15.4 Å². The SMILES string of the molecule is CCNCCNCCc1ccc(OC)cc1Cl. The number of hydrogen-bond donors (Lipinski definition) is 2. The summed E-state index contributed by atoms with van der Waals surface area (Å²) in [4.78, 5) is 0. The monoisotopic (exact) mass is 256 g/mol. The largest absolute Gasteiger partial charge is 0.497 e. The van der Waals surface area contributed by atoms with E-state index in [9.17, 15) is 0 Å². The molecule has 17 heavy (non-hydrogen) atoms. The normalized spacial score (nSPS) is 10.5. The summed E-state index contributed by atoms with van der Waals surface area (Å²) in [5.74, 6) is 0.804. The predicted octanol–water partition coefficient (Wildman–Crippen LogP) is 2.09. The van der Waals surface area contributed by atoms with Gasteiger partial charge in [0.05, 0.1) is 7.11 Å². The van der Waals surface area contributed by atoms with Crippen LogP contribution in [0.5, 0.6) is 5.75 Å². The highest BCUT2D eigenvalue weighted by molar-refractivity contribution is 6.31. The number of benzene rings is 1. The van der Waals surface area contributed by atoms with Crippen LogP contribution in [-0.2, 0) is 6.42 Å². The van der Waals surface area contributed by atoms with Crippen molar-refractivity contribution in [1.82, 2.24) is 10.6 Å². The molecule has 0 saturated carbocycles. The molecule has 96 valence electrons. The van der Waals surface area contributed by atoms with Crippen molar-refractivity contribution in [3.8, 4) is 5.75 Å². The maximum atomic E-state index is 6.15. The van der Waals surface area contributed by atoms with Crippen LogP contribution in [0.3, 0.4) is 0 Å². The summed E-state index contributed by atoms with van der Waals surface area (Å²) < 4.78 is 5.11. The van der Waals surface area contributed by atoms with E-state index in [0.29, 0.717) is 0 Å². The quantitative estimate of drug-likeness (QED) is 0.699. The zero-order chi connectivity index (χ0) is 12.5. The van der Waals surface area contributed by atoms with Gasteiger partial charge in [0.25, 0.3) is 0 Å². The Labute approximate surface area is 109 Å². The van der Waals surface area contributed by atoms with E-state index >= 15 is 0 Å². The van der Waals surface area contributed by atoms with Crippen LogP contribution in [0, 0.1) is 0 Å². The first-order chi connectivity index (χ1) is 8.27. The molecule has 1 rings (SSSR count). The van der Waals surface area contributed by atoms with E-state index in [0.717, 1.165) is 48.9 Å². The van der Waals surface area contributed by atoms with Gasteiger partial charge in [-0.1, -0.05) is 24.6 Å². The molecule has 0 saturated heterocycles. The Hall–Kier alpha value is -0.770. The Morgan fingerprint density at radius 3 is 2.59 bits per heavy atom.